The van der Waals surface area contributed by atoms with Gasteiger partial charge in [0.15, 0.2) is 29.4 Å². The van der Waals surface area contributed by atoms with Crippen molar-refractivity contribution in [3.8, 4) is 16.9 Å². The van der Waals surface area contributed by atoms with Gasteiger partial charge in [-0.15, -0.1) is 5.10 Å². The molecule has 0 saturated heterocycles. The monoisotopic (exact) mass is 577 g/mol. The molecule has 2 heterocycles. The van der Waals surface area contributed by atoms with Gasteiger partial charge in [-0.05, 0) is 31.2 Å². The Morgan fingerprint density at radius 3 is 2.24 bits per heavy atom. The Balaban J connectivity index is 1.82. The van der Waals surface area contributed by atoms with Crippen molar-refractivity contribution in [1.82, 2.24) is 23.9 Å². The minimum Gasteiger partial charge on any atom is -0.385 e. The molecule has 2 N–H and O–H groups in total. The molecule has 4 rings (SSSR count). The zero-order valence-corrected chi connectivity index (χ0v) is 20.8. The lowest BCUT2D eigenvalue weighted by Crippen LogP contribution is -2.37. The molecule has 0 aliphatic heterocycles. The zero-order chi connectivity index (χ0) is 27.9. The Kier molecular flexibility index (Phi) is 7.66. The van der Waals surface area contributed by atoms with Crippen molar-refractivity contribution < 1.29 is 32.2 Å². The van der Waals surface area contributed by atoms with Crippen molar-refractivity contribution in [1.29, 1.82) is 0 Å². The number of hydrogen-bond acceptors (Lipinski definition) is 5. The minimum absolute atomic E-state index is 0.0183. The molecule has 38 heavy (non-hydrogen) atoms. The molecule has 0 radical (unpaired) electrons. The van der Waals surface area contributed by atoms with Gasteiger partial charge in [0.2, 0.25) is 0 Å². The van der Waals surface area contributed by atoms with Crippen LogP contribution in [0, 0.1) is 11.6 Å². The summed E-state index contributed by atoms with van der Waals surface area (Å²) < 4.78 is 69.2. The van der Waals surface area contributed by atoms with Gasteiger partial charge >= 0.3 is 11.9 Å². The highest BCUT2D eigenvalue weighted by Crippen LogP contribution is 2.31. The minimum atomic E-state index is -5.01. The number of benzene rings is 2. The third-order valence-corrected chi connectivity index (χ3v) is 6.15. The maximum atomic E-state index is 13.8. The molecule has 0 fully saturated rings. The molecule has 0 saturated carbocycles. The molecule has 2 aromatic heterocycles. The van der Waals surface area contributed by atoms with Gasteiger partial charge in [-0.25, -0.2) is 23.2 Å². The molecule has 2 aromatic carbocycles. The Morgan fingerprint density at radius 2 is 1.66 bits per heavy atom. The quantitative estimate of drug-likeness (QED) is 0.315. The van der Waals surface area contributed by atoms with Crippen LogP contribution in [-0.2, 0) is 13.1 Å². The van der Waals surface area contributed by atoms with Crippen LogP contribution in [0.5, 0.6) is 0 Å². The number of hydrogen-bond donors (Lipinski definition) is 2. The van der Waals surface area contributed by atoms with E-state index in [0.717, 1.165) is 21.4 Å². The highest BCUT2D eigenvalue weighted by atomic mass is 35.5. The van der Waals surface area contributed by atoms with Gasteiger partial charge in [0.25, 0.3) is 0 Å². The van der Waals surface area contributed by atoms with Crippen LogP contribution in [0.4, 0.5) is 22.0 Å². The number of rotatable bonds is 7. The van der Waals surface area contributed by atoms with Gasteiger partial charge in [-0.3, -0.25) is 9.13 Å². The second kappa shape index (κ2) is 10.5. The van der Waals surface area contributed by atoms with Crippen LogP contribution in [0.3, 0.4) is 0 Å². The van der Waals surface area contributed by atoms with E-state index in [1.165, 1.54) is 37.3 Å². The van der Waals surface area contributed by atoms with E-state index in [-0.39, 0.29) is 33.7 Å². The maximum absolute atomic E-state index is 13.8. The average Bonchev–Trinajstić information content (AvgIpc) is 3.36. The number of nitrogens with zero attached hydrogens (tertiary/aromatic N) is 5. The fraction of sp³-hybridized carbons (Fsp3) is 0.261. The van der Waals surface area contributed by atoms with Crippen LogP contribution in [0.1, 0.15) is 24.7 Å². The van der Waals surface area contributed by atoms with Crippen LogP contribution in [0.2, 0.25) is 10.2 Å². The predicted octanol–water partition coefficient (Wildman–Crippen LogP) is 4.51. The van der Waals surface area contributed by atoms with Crippen molar-refractivity contribution in [3.63, 3.8) is 0 Å². The number of aromatic nitrogens is 5. The van der Waals surface area contributed by atoms with E-state index in [9.17, 15) is 37.0 Å². The average molecular weight is 578 g/mol. The first kappa shape index (κ1) is 27.8. The molecule has 0 aliphatic rings. The maximum Gasteiger partial charge on any atom is 0.416 e. The van der Waals surface area contributed by atoms with E-state index in [2.05, 4.69) is 10.1 Å². The standard InChI is InChI=1S/C23H18Cl2F5N5O3/c1-11(36)21-31-18(32-35(21)14-6-7-15(26)16(27)8-14)10-34-20(25)19(12-2-4-13(24)5-3-12)33(22(34)38)9-17(37)23(28,29)30/h2-8,11,17,36-37H,9-10H2,1H3/t11-,17-/m0/s1. The third kappa shape index (κ3) is 5.46. The summed E-state index contributed by atoms with van der Waals surface area (Å²) in [5, 5.41) is 24.0. The highest BCUT2D eigenvalue weighted by molar-refractivity contribution is 6.32. The van der Waals surface area contributed by atoms with E-state index in [4.69, 9.17) is 23.2 Å². The largest absolute Gasteiger partial charge is 0.416 e. The lowest BCUT2D eigenvalue weighted by Gasteiger charge is -2.16. The van der Waals surface area contributed by atoms with Crippen molar-refractivity contribution in [2.45, 2.75) is 38.4 Å². The first-order valence-electron chi connectivity index (χ1n) is 10.9. The second-order valence-electron chi connectivity index (χ2n) is 8.26. The molecule has 202 valence electrons. The normalized spacial score (nSPS) is 13.6. The number of halogens is 7. The summed E-state index contributed by atoms with van der Waals surface area (Å²) in [5.41, 5.74) is -0.863. The number of alkyl halides is 3. The summed E-state index contributed by atoms with van der Waals surface area (Å²) in [5.74, 6) is -2.49. The number of aliphatic hydroxyl groups is 2. The lowest BCUT2D eigenvalue weighted by molar-refractivity contribution is -0.207. The van der Waals surface area contributed by atoms with Crippen LogP contribution >= 0.6 is 23.2 Å². The molecule has 0 aliphatic carbocycles. The summed E-state index contributed by atoms with van der Waals surface area (Å²) in [6.07, 6.45) is -9.11. The van der Waals surface area contributed by atoms with Crippen LogP contribution in [-0.4, -0.2) is 46.4 Å². The lowest BCUT2D eigenvalue weighted by atomic mass is 10.1. The second-order valence-corrected chi connectivity index (χ2v) is 9.05. The van der Waals surface area contributed by atoms with Crippen LogP contribution < -0.4 is 5.69 Å². The summed E-state index contributed by atoms with van der Waals surface area (Å²) >= 11 is 12.4. The van der Waals surface area contributed by atoms with Crippen molar-refractivity contribution in [2.75, 3.05) is 0 Å². The van der Waals surface area contributed by atoms with E-state index < -0.39 is 48.8 Å². The highest BCUT2D eigenvalue weighted by Gasteiger charge is 2.39. The van der Waals surface area contributed by atoms with E-state index in [1.807, 2.05) is 0 Å². The van der Waals surface area contributed by atoms with Crippen molar-refractivity contribution in [2.24, 2.45) is 0 Å². The predicted molar refractivity (Wildman–Crippen MR) is 127 cm³/mol. The van der Waals surface area contributed by atoms with Gasteiger partial charge < -0.3 is 10.2 Å². The first-order chi connectivity index (χ1) is 17.8. The molecular weight excluding hydrogens is 560 g/mol. The van der Waals surface area contributed by atoms with Gasteiger partial charge in [0.05, 0.1) is 24.5 Å². The van der Waals surface area contributed by atoms with Gasteiger partial charge in [-0.2, -0.15) is 13.2 Å². The molecule has 8 nitrogen and oxygen atoms in total. The Morgan fingerprint density at radius 1 is 1.00 bits per heavy atom. The van der Waals surface area contributed by atoms with E-state index >= 15 is 0 Å². The molecule has 15 heteroatoms. The topological polar surface area (TPSA) is 98.1 Å². The molecule has 0 bridgehead atoms. The Labute approximate surface area is 221 Å². The molecule has 0 spiro atoms. The number of imidazole rings is 1. The van der Waals surface area contributed by atoms with Crippen LogP contribution in [0.25, 0.3) is 16.9 Å². The van der Waals surface area contributed by atoms with Gasteiger partial charge in [0, 0.05) is 16.7 Å². The summed E-state index contributed by atoms with van der Waals surface area (Å²) in [6, 6.07) is 8.63. The molecular formula is C23H18Cl2F5N5O3. The van der Waals surface area contributed by atoms with Crippen molar-refractivity contribution in [3.05, 3.63) is 86.4 Å². The third-order valence-electron chi connectivity index (χ3n) is 5.51. The van der Waals surface area contributed by atoms with Crippen LogP contribution in [0.15, 0.2) is 47.3 Å². The van der Waals surface area contributed by atoms with E-state index in [0.29, 0.717) is 9.59 Å². The summed E-state index contributed by atoms with van der Waals surface area (Å²) in [4.78, 5) is 17.4. The summed E-state index contributed by atoms with van der Waals surface area (Å²) in [6.45, 7) is -0.274. The molecule has 0 unspecified atom stereocenters. The van der Waals surface area contributed by atoms with Crippen molar-refractivity contribution >= 4 is 23.2 Å². The zero-order valence-electron chi connectivity index (χ0n) is 19.3. The molecule has 2 atom stereocenters. The van der Waals surface area contributed by atoms with Gasteiger partial charge in [0.1, 0.15) is 11.3 Å². The Bertz CT molecular complexity index is 1530. The Hall–Kier alpha value is -3.26. The fourth-order valence-electron chi connectivity index (χ4n) is 3.68. The smallest absolute Gasteiger partial charge is 0.385 e. The SMILES string of the molecule is C[C@H](O)c1nc(Cn2c(Cl)c(-c3ccc(Cl)cc3)n(C[C@H](O)C(F)(F)F)c2=O)nn1-c1ccc(F)c(F)c1. The molecule has 0 amide bonds. The van der Waals surface area contributed by atoms with E-state index in [1.54, 1.807) is 0 Å². The first-order valence-corrected chi connectivity index (χ1v) is 11.6. The number of aliphatic hydroxyl groups excluding tert-OH is 2. The fourth-order valence-corrected chi connectivity index (χ4v) is 4.15. The van der Waals surface area contributed by atoms with Gasteiger partial charge in [-0.1, -0.05) is 35.3 Å². The summed E-state index contributed by atoms with van der Waals surface area (Å²) in [7, 11) is 0. The molecule has 4 aromatic rings.